The summed E-state index contributed by atoms with van der Waals surface area (Å²) < 4.78 is 0. The average molecular weight is 298 g/mol. The Labute approximate surface area is 132 Å². The van der Waals surface area contributed by atoms with Crippen molar-refractivity contribution < 1.29 is 0 Å². The monoisotopic (exact) mass is 297 g/mol. The van der Waals surface area contributed by atoms with Crippen molar-refractivity contribution in [2.75, 3.05) is 13.1 Å². The predicted molar refractivity (Wildman–Crippen MR) is 90.4 cm³/mol. The van der Waals surface area contributed by atoms with Gasteiger partial charge in [-0.25, -0.2) is 0 Å². The Bertz CT molecular complexity index is 629. The molecule has 1 nitrogen and oxygen atoms in total. The second-order valence-electron chi connectivity index (χ2n) is 5.93. The average Bonchev–Trinajstić information content (AvgIpc) is 3.01. The van der Waals surface area contributed by atoms with Crippen LogP contribution in [-0.2, 0) is 5.41 Å². The molecule has 0 saturated heterocycles. The Morgan fingerprint density at radius 1 is 1.05 bits per heavy atom. The van der Waals surface area contributed by atoms with Crippen molar-refractivity contribution in [3.05, 3.63) is 83.4 Å². The Balaban J connectivity index is 0.00000132. The molecule has 4 rings (SSSR count). The number of rotatable bonds is 4. The highest BCUT2D eigenvalue weighted by Crippen LogP contribution is 2.59. The van der Waals surface area contributed by atoms with Gasteiger partial charge in [-0.1, -0.05) is 54.6 Å². The van der Waals surface area contributed by atoms with Crippen molar-refractivity contribution in [2.45, 2.75) is 17.8 Å². The third kappa shape index (κ3) is 1.88. The first-order chi connectivity index (χ1) is 9.87. The van der Waals surface area contributed by atoms with E-state index in [1.807, 2.05) is 6.08 Å². The second-order valence-corrected chi connectivity index (χ2v) is 5.93. The fraction of sp³-hybridized carbons (Fsp3) is 0.263. The quantitative estimate of drug-likeness (QED) is 0.664. The Morgan fingerprint density at radius 2 is 1.62 bits per heavy atom. The summed E-state index contributed by atoms with van der Waals surface area (Å²) in [6, 6.07) is 18.0. The van der Waals surface area contributed by atoms with Crippen molar-refractivity contribution in [3.8, 4) is 0 Å². The van der Waals surface area contributed by atoms with Gasteiger partial charge in [0.25, 0.3) is 0 Å². The van der Waals surface area contributed by atoms with Crippen LogP contribution in [0, 0.1) is 0 Å². The molecule has 0 heterocycles. The molecule has 0 radical (unpaired) electrons. The van der Waals surface area contributed by atoms with Gasteiger partial charge in [0.15, 0.2) is 0 Å². The molecular weight excluding hydrogens is 278 g/mol. The molecule has 0 spiro atoms. The van der Waals surface area contributed by atoms with E-state index in [-0.39, 0.29) is 17.8 Å². The largest absolute Gasteiger partial charge is 0.312 e. The topological polar surface area (TPSA) is 12.0 Å². The summed E-state index contributed by atoms with van der Waals surface area (Å²) >= 11 is 0. The number of nitrogens with one attached hydrogen (secondary N) is 1. The molecule has 0 aromatic heterocycles. The molecule has 0 amide bonds. The van der Waals surface area contributed by atoms with E-state index in [9.17, 15) is 0 Å². The second kappa shape index (κ2) is 5.32. The van der Waals surface area contributed by atoms with Crippen LogP contribution in [0.2, 0.25) is 0 Å². The molecule has 108 valence electrons. The molecule has 2 aromatic rings. The van der Waals surface area contributed by atoms with Crippen molar-refractivity contribution in [2.24, 2.45) is 0 Å². The van der Waals surface area contributed by atoms with Gasteiger partial charge in [0, 0.05) is 24.4 Å². The van der Waals surface area contributed by atoms with Crippen LogP contribution in [0.5, 0.6) is 0 Å². The van der Waals surface area contributed by atoms with E-state index >= 15 is 0 Å². The molecule has 0 fully saturated rings. The number of hydrogen-bond acceptors (Lipinski definition) is 1. The molecule has 2 aliphatic carbocycles. The summed E-state index contributed by atoms with van der Waals surface area (Å²) in [5.41, 5.74) is 6.29. The highest BCUT2D eigenvalue weighted by Gasteiger charge is 2.51. The maximum absolute atomic E-state index is 3.81. The summed E-state index contributed by atoms with van der Waals surface area (Å²) in [5.74, 6) is 0.591. The minimum atomic E-state index is 0. The first kappa shape index (κ1) is 14.4. The van der Waals surface area contributed by atoms with E-state index in [1.165, 1.54) is 28.7 Å². The highest BCUT2D eigenvalue weighted by atomic mass is 35.5. The number of halogens is 1. The van der Waals surface area contributed by atoms with Gasteiger partial charge in [-0.2, -0.15) is 0 Å². The summed E-state index contributed by atoms with van der Waals surface area (Å²) in [6.45, 7) is 5.69. The third-order valence-corrected chi connectivity index (χ3v) is 4.97. The first-order valence-electron chi connectivity index (χ1n) is 7.37. The van der Waals surface area contributed by atoms with E-state index in [1.54, 1.807) is 0 Å². The van der Waals surface area contributed by atoms with E-state index in [0.717, 1.165) is 13.1 Å². The Kier molecular flexibility index (Phi) is 3.64. The van der Waals surface area contributed by atoms with Gasteiger partial charge in [-0.05, 0) is 28.7 Å². The lowest BCUT2D eigenvalue weighted by molar-refractivity contribution is 0.490. The van der Waals surface area contributed by atoms with E-state index in [4.69, 9.17) is 0 Å². The van der Waals surface area contributed by atoms with Gasteiger partial charge in [-0.3, -0.25) is 0 Å². The molecule has 2 bridgehead atoms. The zero-order valence-corrected chi connectivity index (χ0v) is 12.8. The first-order valence-corrected chi connectivity index (χ1v) is 7.37. The summed E-state index contributed by atoms with van der Waals surface area (Å²) in [6.07, 6.45) is 3.16. The SMILES string of the molecule is C=CCNCC12CC(c3ccccc31)c1ccccc12.Cl. The standard InChI is InChI=1S/C19H19N.ClH/c1-2-11-20-13-19-12-16(14-7-3-5-9-17(14)19)15-8-4-6-10-18(15)19;/h2-10,16,20H,1,11-13H2;1H. The van der Waals surface area contributed by atoms with Crippen molar-refractivity contribution in [1.29, 1.82) is 0 Å². The van der Waals surface area contributed by atoms with Gasteiger partial charge in [0.2, 0.25) is 0 Å². The lowest BCUT2D eigenvalue weighted by Crippen LogP contribution is -2.36. The van der Waals surface area contributed by atoms with Gasteiger partial charge in [0.05, 0.1) is 0 Å². The zero-order valence-electron chi connectivity index (χ0n) is 12.0. The van der Waals surface area contributed by atoms with Crippen LogP contribution in [0.25, 0.3) is 0 Å². The predicted octanol–water partition coefficient (Wildman–Crippen LogP) is 4.02. The smallest absolute Gasteiger partial charge is 0.0342 e. The maximum Gasteiger partial charge on any atom is 0.0342 e. The summed E-state index contributed by atoms with van der Waals surface area (Å²) in [4.78, 5) is 0. The maximum atomic E-state index is 3.81. The number of hydrogen-bond donors (Lipinski definition) is 1. The minimum Gasteiger partial charge on any atom is -0.312 e. The minimum absolute atomic E-state index is 0. The molecule has 2 aliphatic rings. The van der Waals surface area contributed by atoms with Gasteiger partial charge >= 0.3 is 0 Å². The molecular formula is C19H20ClN. The van der Waals surface area contributed by atoms with Crippen molar-refractivity contribution in [3.63, 3.8) is 0 Å². The molecule has 0 aliphatic heterocycles. The van der Waals surface area contributed by atoms with E-state index < -0.39 is 0 Å². The normalized spacial score (nSPS) is 24.1. The van der Waals surface area contributed by atoms with Crippen LogP contribution in [0.1, 0.15) is 34.6 Å². The molecule has 0 atom stereocenters. The van der Waals surface area contributed by atoms with Gasteiger partial charge in [-0.15, -0.1) is 19.0 Å². The number of benzene rings is 2. The van der Waals surface area contributed by atoms with Crippen LogP contribution < -0.4 is 5.32 Å². The molecule has 0 unspecified atom stereocenters. The lowest BCUT2D eigenvalue weighted by Gasteiger charge is -2.31. The van der Waals surface area contributed by atoms with Crippen molar-refractivity contribution >= 4 is 12.4 Å². The molecule has 0 saturated carbocycles. The summed E-state index contributed by atoms with van der Waals surface area (Å²) in [5, 5.41) is 3.56. The molecule has 1 N–H and O–H groups in total. The fourth-order valence-electron chi connectivity index (χ4n) is 4.22. The summed E-state index contributed by atoms with van der Waals surface area (Å²) in [7, 11) is 0. The van der Waals surface area contributed by atoms with Crippen LogP contribution in [-0.4, -0.2) is 13.1 Å². The molecule has 21 heavy (non-hydrogen) atoms. The molecule has 2 aromatic carbocycles. The Morgan fingerprint density at radius 3 is 2.19 bits per heavy atom. The zero-order chi connectivity index (χ0) is 13.6. The lowest BCUT2D eigenvalue weighted by atomic mass is 9.75. The van der Waals surface area contributed by atoms with Crippen molar-refractivity contribution in [1.82, 2.24) is 5.32 Å². The van der Waals surface area contributed by atoms with Crippen LogP contribution >= 0.6 is 12.4 Å². The Hall–Kier alpha value is -1.57. The van der Waals surface area contributed by atoms with Crippen LogP contribution in [0.4, 0.5) is 0 Å². The van der Waals surface area contributed by atoms with E-state index in [0.29, 0.717) is 5.92 Å². The number of fused-ring (bicyclic) bond motifs is 8. The fourth-order valence-corrected chi connectivity index (χ4v) is 4.22. The third-order valence-electron chi connectivity index (χ3n) is 4.97. The van der Waals surface area contributed by atoms with Gasteiger partial charge in [0.1, 0.15) is 0 Å². The van der Waals surface area contributed by atoms with E-state index in [2.05, 4.69) is 60.4 Å². The molecule has 2 heteroatoms. The van der Waals surface area contributed by atoms with Crippen LogP contribution in [0.15, 0.2) is 61.2 Å². The van der Waals surface area contributed by atoms with Gasteiger partial charge < -0.3 is 5.32 Å². The highest BCUT2D eigenvalue weighted by molar-refractivity contribution is 5.85. The van der Waals surface area contributed by atoms with Crippen LogP contribution in [0.3, 0.4) is 0 Å².